The molecule has 0 spiro atoms. The van der Waals surface area contributed by atoms with Crippen molar-refractivity contribution in [1.82, 2.24) is 14.8 Å². The van der Waals surface area contributed by atoms with E-state index in [1.807, 2.05) is 36.6 Å². The molecule has 2 aromatic carbocycles. The van der Waals surface area contributed by atoms with E-state index in [2.05, 4.69) is 10.2 Å². The van der Waals surface area contributed by atoms with Gasteiger partial charge in [-0.1, -0.05) is 35.5 Å². The first-order valence-electron chi connectivity index (χ1n) is 8.11. The van der Waals surface area contributed by atoms with Gasteiger partial charge in [0, 0.05) is 22.7 Å². The van der Waals surface area contributed by atoms with Crippen LogP contribution in [-0.4, -0.2) is 26.3 Å². The molecule has 7 heteroatoms. The first-order chi connectivity index (χ1) is 12.5. The van der Waals surface area contributed by atoms with Crippen molar-refractivity contribution in [2.75, 3.05) is 5.75 Å². The number of halogens is 2. The van der Waals surface area contributed by atoms with Gasteiger partial charge in [-0.3, -0.25) is 4.79 Å². The number of nitrogens with zero attached hydrogens (tertiary/aromatic N) is 3. The van der Waals surface area contributed by atoms with E-state index in [0.717, 1.165) is 11.1 Å². The Kier molecular flexibility index (Phi) is 5.74. The SMILES string of the molecule is CCn1c(SCC(=O)c2ccc(F)cc2)nnc1-c1ccc(C)c(Cl)c1. The van der Waals surface area contributed by atoms with Crippen LogP contribution in [0.5, 0.6) is 0 Å². The van der Waals surface area contributed by atoms with Gasteiger partial charge >= 0.3 is 0 Å². The smallest absolute Gasteiger partial charge is 0.191 e. The van der Waals surface area contributed by atoms with Gasteiger partial charge in [-0.15, -0.1) is 10.2 Å². The number of hydrogen-bond acceptors (Lipinski definition) is 4. The predicted molar refractivity (Wildman–Crippen MR) is 102 cm³/mol. The number of aryl methyl sites for hydroxylation is 1. The number of carbonyl (C=O) groups excluding carboxylic acids is 1. The molecule has 1 aromatic heterocycles. The van der Waals surface area contributed by atoms with Gasteiger partial charge in [-0.2, -0.15) is 0 Å². The third-order valence-corrected chi connectivity index (χ3v) is 5.34. The second-order valence-electron chi connectivity index (χ2n) is 5.73. The number of Topliss-reactive ketones (excluding diaryl/α,β-unsaturated/α-hetero) is 1. The third-order valence-electron chi connectivity index (χ3n) is 3.96. The Balaban J connectivity index is 1.78. The Morgan fingerprint density at radius 1 is 1.19 bits per heavy atom. The summed E-state index contributed by atoms with van der Waals surface area (Å²) in [6.45, 7) is 4.61. The second kappa shape index (κ2) is 8.01. The van der Waals surface area contributed by atoms with E-state index in [9.17, 15) is 9.18 Å². The average molecular weight is 390 g/mol. The lowest BCUT2D eigenvalue weighted by atomic mass is 10.1. The summed E-state index contributed by atoms with van der Waals surface area (Å²) in [7, 11) is 0. The minimum absolute atomic E-state index is 0.0828. The van der Waals surface area contributed by atoms with Crippen LogP contribution in [0.4, 0.5) is 4.39 Å². The van der Waals surface area contributed by atoms with Gasteiger partial charge < -0.3 is 4.57 Å². The fourth-order valence-corrected chi connectivity index (χ4v) is 3.55. The van der Waals surface area contributed by atoms with Crippen molar-refractivity contribution in [3.63, 3.8) is 0 Å². The molecule has 0 amide bonds. The average Bonchev–Trinajstić information content (AvgIpc) is 3.05. The van der Waals surface area contributed by atoms with Crippen molar-refractivity contribution >= 4 is 29.1 Å². The van der Waals surface area contributed by atoms with Crippen molar-refractivity contribution in [2.45, 2.75) is 25.5 Å². The monoisotopic (exact) mass is 389 g/mol. The fourth-order valence-electron chi connectivity index (χ4n) is 2.48. The standard InChI is InChI=1S/C19H17ClFN3OS/c1-3-24-18(14-5-4-12(2)16(20)10-14)22-23-19(24)26-11-17(25)13-6-8-15(21)9-7-13/h4-10H,3,11H2,1-2H3. The molecule has 0 unspecified atom stereocenters. The highest BCUT2D eigenvalue weighted by molar-refractivity contribution is 7.99. The molecule has 1 heterocycles. The van der Waals surface area contributed by atoms with Crippen LogP contribution >= 0.6 is 23.4 Å². The van der Waals surface area contributed by atoms with Crippen LogP contribution < -0.4 is 0 Å². The van der Waals surface area contributed by atoms with Crippen LogP contribution in [0.15, 0.2) is 47.6 Å². The van der Waals surface area contributed by atoms with Gasteiger partial charge in [0.2, 0.25) is 0 Å². The minimum atomic E-state index is -0.360. The Bertz CT molecular complexity index is 940. The minimum Gasteiger partial charge on any atom is -0.302 e. The van der Waals surface area contributed by atoms with E-state index in [1.165, 1.54) is 36.0 Å². The van der Waals surface area contributed by atoms with Crippen LogP contribution in [0, 0.1) is 12.7 Å². The number of ketones is 1. The quantitative estimate of drug-likeness (QED) is 0.437. The van der Waals surface area contributed by atoms with Crippen LogP contribution in [-0.2, 0) is 6.54 Å². The molecule has 0 atom stereocenters. The lowest BCUT2D eigenvalue weighted by molar-refractivity contribution is 0.102. The molecule has 0 saturated heterocycles. The van der Waals surface area contributed by atoms with Crippen molar-refractivity contribution < 1.29 is 9.18 Å². The number of hydrogen-bond donors (Lipinski definition) is 0. The molecule has 3 aromatic rings. The Hall–Kier alpha value is -2.18. The summed E-state index contributed by atoms with van der Waals surface area (Å²) in [6, 6.07) is 11.3. The number of benzene rings is 2. The maximum absolute atomic E-state index is 13.0. The van der Waals surface area contributed by atoms with Crippen molar-refractivity contribution in [1.29, 1.82) is 0 Å². The first-order valence-corrected chi connectivity index (χ1v) is 9.47. The Morgan fingerprint density at radius 2 is 1.92 bits per heavy atom. The lowest BCUT2D eigenvalue weighted by Gasteiger charge is -2.08. The molecule has 134 valence electrons. The Labute approximate surface area is 160 Å². The zero-order valence-corrected chi connectivity index (χ0v) is 15.9. The van der Waals surface area contributed by atoms with Gasteiger partial charge in [0.1, 0.15) is 5.82 Å². The highest BCUT2D eigenvalue weighted by atomic mass is 35.5. The molecule has 3 rings (SSSR count). The van der Waals surface area contributed by atoms with Gasteiger partial charge in [0.25, 0.3) is 0 Å². The van der Waals surface area contributed by atoms with E-state index >= 15 is 0 Å². The maximum Gasteiger partial charge on any atom is 0.191 e. The van der Waals surface area contributed by atoms with E-state index in [4.69, 9.17) is 11.6 Å². The van der Waals surface area contributed by atoms with Crippen molar-refractivity contribution in [3.05, 3.63) is 64.4 Å². The van der Waals surface area contributed by atoms with Crippen LogP contribution in [0.1, 0.15) is 22.8 Å². The molecule has 26 heavy (non-hydrogen) atoms. The zero-order chi connectivity index (χ0) is 18.7. The van der Waals surface area contributed by atoms with E-state index in [0.29, 0.717) is 28.1 Å². The summed E-state index contributed by atoms with van der Waals surface area (Å²) >= 11 is 7.53. The normalized spacial score (nSPS) is 10.9. The zero-order valence-electron chi connectivity index (χ0n) is 14.4. The first kappa shape index (κ1) is 18.6. The number of carbonyl (C=O) groups is 1. The highest BCUT2D eigenvalue weighted by Crippen LogP contribution is 2.27. The van der Waals surface area contributed by atoms with Gasteiger partial charge in [-0.05, 0) is 49.7 Å². The molecule has 0 saturated carbocycles. The molecule has 0 N–H and O–H groups in total. The largest absolute Gasteiger partial charge is 0.302 e. The van der Waals surface area contributed by atoms with E-state index in [-0.39, 0.29) is 17.4 Å². The lowest BCUT2D eigenvalue weighted by Crippen LogP contribution is -2.05. The molecule has 0 fully saturated rings. The molecular weight excluding hydrogens is 373 g/mol. The summed E-state index contributed by atoms with van der Waals surface area (Å²) in [4.78, 5) is 12.3. The van der Waals surface area contributed by atoms with Gasteiger partial charge in [0.05, 0.1) is 5.75 Å². The number of rotatable bonds is 6. The van der Waals surface area contributed by atoms with E-state index < -0.39 is 0 Å². The number of aromatic nitrogens is 3. The number of thioether (sulfide) groups is 1. The molecule has 0 bridgehead atoms. The summed E-state index contributed by atoms with van der Waals surface area (Å²) in [5.41, 5.74) is 2.36. The predicted octanol–water partition coefficient (Wildman–Crippen LogP) is 5.04. The van der Waals surface area contributed by atoms with Gasteiger partial charge in [0.15, 0.2) is 16.8 Å². The van der Waals surface area contributed by atoms with E-state index in [1.54, 1.807) is 0 Å². The second-order valence-corrected chi connectivity index (χ2v) is 7.08. The van der Waals surface area contributed by atoms with Crippen LogP contribution in [0.3, 0.4) is 0 Å². The summed E-state index contributed by atoms with van der Waals surface area (Å²) in [5, 5.41) is 9.82. The fraction of sp³-hybridized carbons (Fsp3) is 0.211. The summed E-state index contributed by atoms with van der Waals surface area (Å²) in [6.07, 6.45) is 0. The molecule has 0 aliphatic rings. The molecule has 4 nitrogen and oxygen atoms in total. The maximum atomic E-state index is 13.0. The molecule has 0 aliphatic heterocycles. The van der Waals surface area contributed by atoms with Crippen molar-refractivity contribution in [2.24, 2.45) is 0 Å². The molecule has 0 radical (unpaired) electrons. The van der Waals surface area contributed by atoms with Crippen LogP contribution in [0.2, 0.25) is 5.02 Å². The summed E-state index contributed by atoms with van der Waals surface area (Å²) < 4.78 is 14.9. The van der Waals surface area contributed by atoms with Gasteiger partial charge in [-0.25, -0.2) is 4.39 Å². The molecular formula is C19H17ClFN3OS. The molecule has 0 aliphatic carbocycles. The highest BCUT2D eigenvalue weighted by Gasteiger charge is 2.16. The Morgan fingerprint density at radius 3 is 2.58 bits per heavy atom. The summed E-state index contributed by atoms with van der Waals surface area (Å²) in [5.74, 6) is 0.478. The van der Waals surface area contributed by atoms with Crippen molar-refractivity contribution in [3.8, 4) is 11.4 Å². The van der Waals surface area contributed by atoms with Crippen LogP contribution in [0.25, 0.3) is 11.4 Å². The topological polar surface area (TPSA) is 47.8 Å². The third kappa shape index (κ3) is 3.97.